The van der Waals surface area contributed by atoms with E-state index in [0.29, 0.717) is 35.6 Å². The van der Waals surface area contributed by atoms with E-state index in [9.17, 15) is 13.6 Å². The number of hydrogen-bond acceptors (Lipinski definition) is 5. The van der Waals surface area contributed by atoms with Gasteiger partial charge in [-0.1, -0.05) is 0 Å². The number of aromatic nitrogens is 4. The Bertz CT molecular complexity index is 1150. The zero-order valence-electron chi connectivity index (χ0n) is 17.8. The summed E-state index contributed by atoms with van der Waals surface area (Å²) in [5.74, 6) is -1.68. The van der Waals surface area contributed by atoms with Crippen LogP contribution in [0.2, 0.25) is 0 Å². The van der Waals surface area contributed by atoms with E-state index >= 15 is 0 Å². The van der Waals surface area contributed by atoms with E-state index in [2.05, 4.69) is 15.1 Å². The van der Waals surface area contributed by atoms with E-state index in [0.717, 1.165) is 17.7 Å². The molecule has 162 valence electrons. The third-order valence-electron chi connectivity index (χ3n) is 4.85. The van der Waals surface area contributed by atoms with Crippen molar-refractivity contribution in [3.05, 3.63) is 53.4 Å². The van der Waals surface area contributed by atoms with Crippen LogP contribution < -0.4 is 0 Å². The monoisotopic (exact) mass is 427 g/mol. The molecule has 2 aromatic heterocycles. The lowest BCUT2D eigenvalue weighted by atomic mass is 10.0. The summed E-state index contributed by atoms with van der Waals surface area (Å²) < 4.78 is 34.4. The Morgan fingerprint density at radius 1 is 1.13 bits per heavy atom. The first-order valence-electron chi connectivity index (χ1n) is 9.94. The second-order valence-corrected chi connectivity index (χ2v) is 8.48. The molecule has 3 aromatic rings. The number of rotatable bonds is 2. The molecule has 0 saturated heterocycles. The van der Waals surface area contributed by atoms with Crippen molar-refractivity contribution >= 4 is 6.09 Å². The number of aryl methyl sites for hydroxylation is 1. The highest BCUT2D eigenvalue weighted by atomic mass is 19.2. The molecule has 0 aliphatic carbocycles. The van der Waals surface area contributed by atoms with Gasteiger partial charge in [0.15, 0.2) is 17.5 Å². The number of nitrogens with zero attached hydrogens (tertiary/aromatic N) is 5. The maximum atomic E-state index is 13.8. The molecule has 4 rings (SSSR count). The molecular formula is C22H23F2N5O2. The molecule has 0 fully saturated rings. The van der Waals surface area contributed by atoms with Crippen LogP contribution in [0.15, 0.2) is 30.5 Å². The summed E-state index contributed by atoms with van der Waals surface area (Å²) in [6.45, 7) is 6.11. The smallest absolute Gasteiger partial charge is 0.410 e. The second-order valence-electron chi connectivity index (χ2n) is 8.48. The molecule has 9 heteroatoms. The summed E-state index contributed by atoms with van der Waals surface area (Å²) in [5.41, 5.74) is 2.51. The van der Waals surface area contributed by atoms with Crippen LogP contribution in [-0.2, 0) is 24.8 Å². The Morgan fingerprint density at radius 3 is 2.55 bits per heavy atom. The molecule has 0 N–H and O–H groups in total. The first kappa shape index (κ1) is 20.9. The highest BCUT2D eigenvalue weighted by Gasteiger charge is 2.29. The fourth-order valence-corrected chi connectivity index (χ4v) is 3.43. The number of benzene rings is 1. The number of fused-ring (bicyclic) bond motifs is 1. The number of ether oxygens (including phenoxy) is 1. The zero-order valence-corrected chi connectivity index (χ0v) is 17.8. The zero-order chi connectivity index (χ0) is 22.3. The van der Waals surface area contributed by atoms with Crippen LogP contribution in [0.25, 0.3) is 22.8 Å². The van der Waals surface area contributed by atoms with Gasteiger partial charge in [0.05, 0.1) is 17.9 Å². The number of halogens is 2. The van der Waals surface area contributed by atoms with E-state index in [1.165, 1.54) is 6.07 Å². The van der Waals surface area contributed by atoms with Crippen molar-refractivity contribution in [2.24, 2.45) is 7.05 Å². The van der Waals surface area contributed by atoms with Gasteiger partial charge in [0.2, 0.25) is 0 Å². The lowest BCUT2D eigenvalue weighted by molar-refractivity contribution is 0.0221. The van der Waals surface area contributed by atoms with Gasteiger partial charge in [0.25, 0.3) is 0 Å². The van der Waals surface area contributed by atoms with Crippen LogP contribution in [0.5, 0.6) is 0 Å². The maximum absolute atomic E-state index is 13.8. The lowest BCUT2D eigenvalue weighted by Gasteiger charge is -2.31. The Kier molecular flexibility index (Phi) is 5.20. The molecule has 1 amide bonds. The predicted molar refractivity (Wildman–Crippen MR) is 110 cm³/mol. The van der Waals surface area contributed by atoms with Crippen molar-refractivity contribution in [2.45, 2.75) is 39.3 Å². The molecule has 3 heterocycles. The van der Waals surface area contributed by atoms with Crippen molar-refractivity contribution in [1.29, 1.82) is 0 Å². The first-order valence-corrected chi connectivity index (χ1v) is 9.94. The van der Waals surface area contributed by atoms with E-state index in [-0.39, 0.29) is 12.4 Å². The van der Waals surface area contributed by atoms with Crippen molar-refractivity contribution in [3.63, 3.8) is 0 Å². The lowest BCUT2D eigenvalue weighted by Crippen LogP contribution is -2.40. The topological polar surface area (TPSA) is 73.1 Å². The number of carbonyl (C=O) groups excluding carboxylic acids is 1. The Labute approximate surface area is 178 Å². The van der Waals surface area contributed by atoms with E-state index in [1.54, 1.807) is 22.8 Å². The van der Waals surface area contributed by atoms with E-state index in [1.807, 2.05) is 26.8 Å². The van der Waals surface area contributed by atoms with E-state index in [4.69, 9.17) is 4.74 Å². The molecule has 7 nitrogen and oxygen atoms in total. The van der Waals surface area contributed by atoms with Gasteiger partial charge in [0.1, 0.15) is 11.3 Å². The molecule has 0 saturated carbocycles. The second kappa shape index (κ2) is 7.72. The van der Waals surface area contributed by atoms with Gasteiger partial charge in [-0.2, -0.15) is 5.10 Å². The molecule has 1 aliphatic rings. The van der Waals surface area contributed by atoms with Gasteiger partial charge in [0, 0.05) is 30.9 Å². The van der Waals surface area contributed by atoms with Crippen LogP contribution >= 0.6 is 0 Å². The molecule has 0 unspecified atom stereocenters. The Morgan fingerprint density at radius 2 is 1.90 bits per heavy atom. The highest BCUT2D eigenvalue weighted by molar-refractivity contribution is 5.70. The normalized spacial score (nSPS) is 13.8. The van der Waals surface area contributed by atoms with Gasteiger partial charge in [-0.3, -0.25) is 4.68 Å². The summed E-state index contributed by atoms with van der Waals surface area (Å²) in [6.07, 6.45) is 1.90. The van der Waals surface area contributed by atoms with Crippen molar-refractivity contribution in [1.82, 2.24) is 24.6 Å². The van der Waals surface area contributed by atoms with Gasteiger partial charge < -0.3 is 9.64 Å². The van der Waals surface area contributed by atoms with Crippen LogP contribution in [-0.4, -0.2) is 42.9 Å². The highest BCUT2D eigenvalue weighted by Crippen LogP contribution is 2.30. The molecule has 0 spiro atoms. The van der Waals surface area contributed by atoms with Crippen LogP contribution in [0.4, 0.5) is 13.6 Å². The Balaban J connectivity index is 1.78. The summed E-state index contributed by atoms with van der Waals surface area (Å²) in [7, 11) is 1.80. The van der Waals surface area contributed by atoms with Crippen LogP contribution in [0, 0.1) is 11.6 Å². The minimum atomic E-state index is -0.978. The molecule has 0 bridgehead atoms. The average Bonchev–Trinajstić information content (AvgIpc) is 3.13. The summed E-state index contributed by atoms with van der Waals surface area (Å²) >= 11 is 0. The van der Waals surface area contributed by atoms with Crippen LogP contribution in [0.3, 0.4) is 0 Å². The first-order chi connectivity index (χ1) is 14.6. The van der Waals surface area contributed by atoms with Gasteiger partial charge in [-0.25, -0.2) is 23.5 Å². The van der Waals surface area contributed by atoms with Gasteiger partial charge in [-0.15, -0.1) is 0 Å². The molecule has 1 aliphatic heterocycles. The van der Waals surface area contributed by atoms with Gasteiger partial charge in [-0.05, 0) is 51.5 Å². The fourth-order valence-electron chi connectivity index (χ4n) is 3.43. The largest absolute Gasteiger partial charge is 0.444 e. The number of hydrogen-bond donors (Lipinski definition) is 0. The third kappa shape index (κ3) is 4.40. The summed E-state index contributed by atoms with van der Waals surface area (Å²) in [5, 5.41) is 4.45. The molecule has 31 heavy (non-hydrogen) atoms. The average molecular weight is 427 g/mol. The Hall–Kier alpha value is -3.36. The predicted octanol–water partition coefficient (Wildman–Crippen LogP) is 4.12. The maximum Gasteiger partial charge on any atom is 0.410 e. The third-order valence-corrected chi connectivity index (χ3v) is 4.85. The number of amides is 1. The van der Waals surface area contributed by atoms with Crippen LogP contribution in [0.1, 0.15) is 32.0 Å². The quantitative estimate of drug-likeness (QED) is 0.615. The molecule has 1 aromatic carbocycles. The van der Waals surface area contributed by atoms with Crippen molar-refractivity contribution < 1.29 is 18.3 Å². The SMILES string of the molecule is Cn1ccc(-c2nc(-c3ccc(F)c(F)c3)nc3c2CCN(C(=O)OC(C)(C)C)C3)n1. The van der Waals surface area contributed by atoms with Crippen molar-refractivity contribution in [3.8, 4) is 22.8 Å². The van der Waals surface area contributed by atoms with Crippen molar-refractivity contribution in [2.75, 3.05) is 6.54 Å². The minimum absolute atomic E-state index is 0.225. The summed E-state index contributed by atoms with van der Waals surface area (Å²) in [4.78, 5) is 23.4. The fraction of sp³-hybridized carbons (Fsp3) is 0.364. The molecule has 0 radical (unpaired) electrons. The molecule has 0 atom stereocenters. The number of carbonyl (C=O) groups is 1. The standard InChI is InChI=1S/C22H23F2N5O2/c1-22(2,3)31-21(30)29-10-7-14-18(12-29)25-20(13-5-6-15(23)16(24)11-13)26-19(14)17-8-9-28(4)27-17/h5-6,8-9,11H,7,10,12H2,1-4H3. The molecular weight excluding hydrogens is 404 g/mol. The summed E-state index contributed by atoms with van der Waals surface area (Å²) in [6, 6.07) is 5.36. The van der Waals surface area contributed by atoms with Gasteiger partial charge >= 0.3 is 6.09 Å². The van der Waals surface area contributed by atoms with E-state index < -0.39 is 23.3 Å². The minimum Gasteiger partial charge on any atom is -0.444 e.